The van der Waals surface area contributed by atoms with E-state index in [1.165, 1.54) is 11.3 Å². The smallest absolute Gasteiger partial charge is 0.207 e. The molecule has 198 valence electrons. The van der Waals surface area contributed by atoms with Crippen molar-refractivity contribution in [3.05, 3.63) is 89.4 Å². The molecule has 0 radical (unpaired) electrons. The Morgan fingerprint density at radius 1 is 1.32 bits per heavy atom. The Hall–Kier alpha value is -4.18. The minimum Gasteiger partial charge on any atom is -0.357 e. The van der Waals surface area contributed by atoms with Crippen molar-refractivity contribution in [3.8, 4) is 17.3 Å². The average Bonchev–Trinajstić information content (AvgIpc) is 3.39. The molecule has 7 heteroatoms. The first-order valence-corrected chi connectivity index (χ1v) is 13.3. The van der Waals surface area contributed by atoms with Crippen LogP contribution in [0, 0.1) is 11.3 Å². The molecular formula is C31H38N6O. The lowest BCUT2D eigenvalue weighted by Gasteiger charge is -2.27. The SMILES string of the molecule is C\C=C/C=N\C(=C(/C)CC)N(CCCn1nc(-c2cccc(C#N)c2)cc1C1C=CC=CC1)CCNC=O. The van der Waals surface area contributed by atoms with Gasteiger partial charge in [-0.25, -0.2) is 4.99 Å². The summed E-state index contributed by atoms with van der Waals surface area (Å²) in [5.41, 5.74) is 4.83. The van der Waals surface area contributed by atoms with Gasteiger partial charge in [0.1, 0.15) is 5.82 Å². The van der Waals surface area contributed by atoms with Crippen molar-refractivity contribution < 1.29 is 4.79 Å². The number of rotatable bonds is 14. The summed E-state index contributed by atoms with van der Waals surface area (Å²) in [5.74, 6) is 1.21. The Morgan fingerprint density at radius 3 is 2.89 bits per heavy atom. The number of benzene rings is 1. The molecule has 7 nitrogen and oxygen atoms in total. The van der Waals surface area contributed by atoms with Crippen LogP contribution in [0.15, 0.2) is 83.2 Å². The van der Waals surface area contributed by atoms with Crippen LogP contribution in [0.3, 0.4) is 0 Å². The third-order valence-electron chi connectivity index (χ3n) is 6.55. The van der Waals surface area contributed by atoms with Crippen molar-refractivity contribution in [2.45, 2.75) is 52.5 Å². The second-order valence-corrected chi connectivity index (χ2v) is 9.20. The lowest BCUT2D eigenvalue weighted by molar-refractivity contribution is -0.109. The van der Waals surface area contributed by atoms with Crippen LogP contribution in [-0.2, 0) is 11.3 Å². The summed E-state index contributed by atoms with van der Waals surface area (Å²) in [5, 5.41) is 17.1. The zero-order chi connectivity index (χ0) is 27.2. The standard InChI is InChI=1S/C31H38N6O/c1-4-6-16-34-31(25(3)5-2)36(20-17-33-24-38)18-11-19-37-30(27-13-8-7-9-14-27)22-29(35-37)28-15-10-12-26(21-28)23-32/h4,6-10,12-13,15-16,21-22,24,27H,5,11,14,17-20H2,1-3H3,(H,33,38)/b6-4-,31-25-,34-16-. The molecule has 1 heterocycles. The summed E-state index contributed by atoms with van der Waals surface area (Å²) in [6, 6.07) is 12.0. The fraction of sp³-hybridized carbons (Fsp3) is 0.355. The minimum absolute atomic E-state index is 0.261. The first-order chi connectivity index (χ1) is 18.6. The quantitative estimate of drug-likeness (QED) is 0.199. The van der Waals surface area contributed by atoms with Crippen molar-refractivity contribution in [3.63, 3.8) is 0 Å². The molecule has 0 saturated carbocycles. The van der Waals surface area contributed by atoms with Crippen LogP contribution < -0.4 is 5.32 Å². The molecule has 2 aromatic rings. The number of carbonyl (C=O) groups is 1. The molecule has 1 N–H and O–H groups in total. The number of allylic oxidation sites excluding steroid dienone is 7. The lowest BCUT2D eigenvalue weighted by Crippen LogP contribution is -2.32. The van der Waals surface area contributed by atoms with Crippen LogP contribution in [0.5, 0.6) is 0 Å². The number of hydrogen-bond donors (Lipinski definition) is 1. The van der Waals surface area contributed by atoms with E-state index in [-0.39, 0.29) is 5.92 Å². The summed E-state index contributed by atoms with van der Waals surface area (Å²) in [6.45, 7) is 8.96. The molecule has 1 aliphatic carbocycles. The molecule has 38 heavy (non-hydrogen) atoms. The Labute approximate surface area is 226 Å². The van der Waals surface area contributed by atoms with Gasteiger partial charge in [0.2, 0.25) is 6.41 Å². The highest BCUT2D eigenvalue weighted by atomic mass is 16.1. The van der Waals surface area contributed by atoms with Gasteiger partial charge >= 0.3 is 0 Å². The topological polar surface area (TPSA) is 86.3 Å². The van der Waals surface area contributed by atoms with E-state index in [2.05, 4.69) is 65.2 Å². The zero-order valence-electron chi connectivity index (χ0n) is 22.7. The van der Waals surface area contributed by atoms with E-state index in [1.54, 1.807) is 0 Å². The molecule has 1 atom stereocenters. The number of carbonyl (C=O) groups excluding carboxylic acids is 1. The normalized spacial score (nSPS) is 15.6. The Kier molecular flexibility index (Phi) is 11.3. The van der Waals surface area contributed by atoms with Crippen molar-refractivity contribution in [2.75, 3.05) is 19.6 Å². The predicted molar refractivity (Wildman–Crippen MR) is 155 cm³/mol. The van der Waals surface area contributed by atoms with Crippen LogP contribution in [0.4, 0.5) is 0 Å². The molecule has 0 bridgehead atoms. The molecule has 0 aliphatic heterocycles. The second-order valence-electron chi connectivity index (χ2n) is 9.20. The van der Waals surface area contributed by atoms with Gasteiger partial charge in [0.25, 0.3) is 0 Å². The minimum atomic E-state index is 0.261. The van der Waals surface area contributed by atoms with Crippen molar-refractivity contribution >= 4 is 12.6 Å². The third-order valence-corrected chi connectivity index (χ3v) is 6.55. The molecule has 1 amide bonds. The van der Waals surface area contributed by atoms with E-state index < -0.39 is 0 Å². The summed E-state index contributed by atoms with van der Waals surface area (Å²) in [7, 11) is 0. The van der Waals surface area contributed by atoms with Gasteiger partial charge in [-0.1, -0.05) is 49.4 Å². The highest BCUT2D eigenvalue weighted by Crippen LogP contribution is 2.29. The van der Waals surface area contributed by atoms with Gasteiger partial charge in [0.15, 0.2) is 0 Å². The van der Waals surface area contributed by atoms with E-state index in [1.807, 2.05) is 49.6 Å². The maximum absolute atomic E-state index is 10.9. The van der Waals surface area contributed by atoms with Crippen LogP contribution in [-0.4, -0.2) is 46.9 Å². The van der Waals surface area contributed by atoms with Crippen molar-refractivity contribution in [1.29, 1.82) is 5.26 Å². The monoisotopic (exact) mass is 510 g/mol. The molecule has 1 unspecified atom stereocenters. The molecule has 1 aromatic carbocycles. The maximum atomic E-state index is 10.9. The van der Waals surface area contributed by atoms with Gasteiger partial charge in [-0.2, -0.15) is 10.4 Å². The van der Waals surface area contributed by atoms with Crippen molar-refractivity contribution in [2.24, 2.45) is 4.99 Å². The Balaban J connectivity index is 1.85. The van der Waals surface area contributed by atoms with Gasteiger partial charge in [0, 0.05) is 49.6 Å². The largest absolute Gasteiger partial charge is 0.357 e. The number of nitrogens with one attached hydrogen (secondary N) is 1. The molecular weight excluding hydrogens is 472 g/mol. The summed E-state index contributed by atoms with van der Waals surface area (Å²) in [6.07, 6.45) is 17.7. The number of aliphatic imine (C=N–C) groups is 1. The van der Waals surface area contributed by atoms with Gasteiger partial charge in [-0.3, -0.25) is 9.48 Å². The zero-order valence-corrected chi connectivity index (χ0v) is 22.7. The van der Waals surface area contributed by atoms with Gasteiger partial charge in [-0.15, -0.1) is 0 Å². The van der Waals surface area contributed by atoms with E-state index >= 15 is 0 Å². The highest BCUT2D eigenvalue weighted by Gasteiger charge is 2.18. The maximum Gasteiger partial charge on any atom is 0.207 e. The van der Waals surface area contributed by atoms with E-state index in [0.717, 1.165) is 55.8 Å². The fourth-order valence-electron chi connectivity index (χ4n) is 4.41. The summed E-state index contributed by atoms with van der Waals surface area (Å²) < 4.78 is 2.11. The number of amides is 1. The number of aryl methyl sites for hydroxylation is 1. The third kappa shape index (κ3) is 7.91. The second kappa shape index (κ2) is 15.2. The molecule has 3 rings (SSSR count). The van der Waals surface area contributed by atoms with Crippen LogP contribution in [0.1, 0.15) is 57.2 Å². The van der Waals surface area contributed by atoms with Crippen molar-refractivity contribution in [1.82, 2.24) is 20.0 Å². The number of nitriles is 1. The number of aromatic nitrogens is 2. The lowest BCUT2D eigenvalue weighted by atomic mass is 9.96. The summed E-state index contributed by atoms with van der Waals surface area (Å²) >= 11 is 0. The Morgan fingerprint density at radius 2 is 2.18 bits per heavy atom. The van der Waals surface area contributed by atoms with Crippen LogP contribution in [0.2, 0.25) is 0 Å². The molecule has 0 saturated heterocycles. The van der Waals surface area contributed by atoms with E-state index in [0.29, 0.717) is 18.7 Å². The predicted octanol–water partition coefficient (Wildman–Crippen LogP) is 5.75. The molecule has 1 aromatic heterocycles. The molecule has 1 aliphatic rings. The first kappa shape index (κ1) is 28.4. The van der Waals surface area contributed by atoms with E-state index in [9.17, 15) is 10.1 Å². The number of nitrogens with zero attached hydrogens (tertiary/aromatic N) is 5. The van der Waals surface area contributed by atoms with Crippen LogP contribution in [0.25, 0.3) is 11.3 Å². The Bertz CT molecular complexity index is 1260. The molecule has 0 spiro atoms. The van der Waals surface area contributed by atoms with Gasteiger partial charge in [0.05, 0.1) is 17.3 Å². The molecule has 0 fully saturated rings. The first-order valence-electron chi connectivity index (χ1n) is 13.3. The summed E-state index contributed by atoms with van der Waals surface area (Å²) in [4.78, 5) is 17.9. The van der Waals surface area contributed by atoms with Crippen LogP contribution >= 0.6 is 0 Å². The highest BCUT2D eigenvalue weighted by molar-refractivity contribution is 5.72. The van der Waals surface area contributed by atoms with E-state index in [4.69, 9.17) is 10.1 Å². The fourth-order valence-corrected chi connectivity index (χ4v) is 4.41. The average molecular weight is 511 g/mol. The van der Waals surface area contributed by atoms with Gasteiger partial charge < -0.3 is 10.2 Å². The van der Waals surface area contributed by atoms with Gasteiger partial charge in [-0.05, 0) is 63.0 Å². The number of hydrogen-bond acceptors (Lipinski definition) is 5.